The van der Waals surface area contributed by atoms with E-state index < -0.39 is 58.2 Å². The van der Waals surface area contributed by atoms with Gasteiger partial charge in [-0.3, -0.25) is 14.7 Å². The number of benzene rings is 1. The van der Waals surface area contributed by atoms with E-state index in [0.717, 1.165) is 4.57 Å². The van der Waals surface area contributed by atoms with E-state index in [2.05, 4.69) is 20.9 Å². The van der Waals surface area contributed by atoms with E-state index in [9.17, 15) is 28.8 Å². The highest BCUT2D eigenvalue weighted by Crippen LogP contribution is 2.28. The third-order valence-corrected chi connectivity index (χ3v) is 9.38. The molecule has 1 aliphatic heterocycles. The second-order valence-electron chi connectivity index (χ2n) is 18.5. The first-order valence-corrected chi connectivity index (χ1v) is 19.9. The maximum atomic E-state index is 15.8. The molecule has 2 aliphatic rings. The zero-order valence-corrected chi connectivity index (χ0v) is 36.2. The van der Waals surface area contributed by atoms with Gasteiger partial charge in [-0.05, 0) is 120 Å². The van der Waals surface area contributed by atoms with Gasteiger partial charge < -0.3 is 39.5 Å². The quantitative estimate of drug-likeness (QED) is 0.269. The lowest BCUT2D eigenvalue weighted by Gasteiger charge is -2.38. The predicted octanol–water partition coefficient (Wildman–Crippen LogP) is 5.92. The van der Waals surface area contributed by atoms with Crippen LogP contribution in [-0.2, 0) is 25.5 Å². The number of nitrogens with one attached hydrogen (secondary N) is 3. The number of halogens is 1. The normalized spacial score (nSPS) is 17.7. The number of rotatable bonds is 8. The first kappa shape index (κ1) is 46.3. The first-order valence-electron chi connectivity index (χ1n) is 19.9. The summed E-state index contributed by atoms with van der Waals surface area (Å²) in [7, 11) is 0. The zero-order chi connectivity index (χ0) is 44.1. The molecule has 59 heavy (non-hydrogen) atoms. The van der Waals surface area contributed by atoms with E-state index in [1.54, 1.807) is 87.1 Å². The number of alkyl carbamates (subject to hydrolysis) is 2. The topological polar surface area (TPSA) is 194 Å². The number of hydrogen-bond donors (Lipinski definition) is 3. The van der Waals surface area contributed by atoms with Gasteiger partial charge >= 0.3 is 30.0 Å². The Hall–Kier alpha value is -5.42. The number of amides is 6. The van der Waals surface area contributed by atoms with Crippen LogP contribution >= 0.6 is 0 Å². The van der Waals surface area contributed by atoms with Crippen LogP contribution in [0.2, 0.25) is 0 Å². The molecule has 0 bridgehead atoms. The molecule has 2 aromatic rings. The van der Waals surface area contributed by atoms with Gasteiger partial charge in [0.05, 0.1) is 12.2 Å². The summed E-state index contributed by atoms with van der Waals surface area (Å²) in [4.78, 5) is 86.0. The molecule has 1 aliphatic carbocycles. The van der Waals surface area contributed by atoms with Crippen LogP contribution in [0.15, 0.2) is 35.3 Å². The molecule has 18 heteroatoms. The van der Waals surface area contributed by atoms with Gasteiger partial charge in [0.1, 0.15) is 34.0 Å². The number of aromatic nitrogens is 2. The van der Waals surface area contributed by atoms with Crippen LogP contribution in [0.5, 0.6) is 0 Å². The Labute approximate surface area is 345 Å². The van der Waals surface area contributed by atoms with Gasteiger partial charge in [0.25, 0.3) is 0 Å². The number of nitrogens with zero attached hydrogens (tertiary/aromatic N) is 5. The minimum Gasteiger partial charge on any atom is -0.444 e. The summed E-state index contributed by atoms with van der Waals surface area (Å²) in [6.07, 6.45) is 1.84. The Morgan fingerprint density at radius 1 is 0.780 bits per heavy atom. The lowest BCUT2D eigenvalue weighted by atomic mass is 9.90. The number of piperazine rings is 1. The summed E-state index contributed by atoms with van der Waals surface area (Å²) in [6, 6.07) is 4.70. The van der Waals surface area contributed by atoms with E-state index in [1.165, 1.54) is 34.2 Å². The molecule has 3 N–H and O–H groups in total. The number of anilines is 1. The Balaban J connectivity index is 1.37. The molecule has 17 nitrogen and oxygen atoms in total. The molecule has 0 atom stereocenters. The van der Waals surface area contributed by atoms with E-state index in [4.69, 9.17) is 14.2 Å². The van der Waals surface area contributed by atoms with Crippen molar-refractivity contribution in [3.8, 4) is 5.69 Å². The Morgan fingerprint density at radius 3 is 1.88 bits per heavy atom. The van der Waals surface area contributed by atoms with Crippen molar-refractivity contribution in [2.75, 3.05) is 31.5 Å². The molecule has 2 fully saturated rings. The van der Waals surface area contributed by atoms with Crippen molar-refractivity contribution < 1.29 is 42.6 Å². The molecule has 0 unspecified atom stereocenters. The van der Waals surface area contributed by atoms with Crippen LogP contribution in [0, 0.1) is 5.82 Å². The Kier molecular flexibility index (Phi) is 14.3. The summed E-state index contributed by atoms with van der Waals surface area (Å²) >= 11 is 0. The van der Waals surface area contributed by atoms with Crippen LogP contribution in [0.1, 0.15) is 107 Å². The van der Waals surface area contributed by atoms with E-state index >= 15 is 4.39 Å². The number of urea groups is 1. The summed E-state index contributed by atoms with van der Waals surface area (Å²) in [5.74, 6) is -0.993. The minimum atomic E-state index is -1.24. The third-order valence-electron chi connectivity index (χ3n) is 9.38. The van der Waals surface area contributed by atoms with E-state index in [1.807, 2.05) is 0 Å². The fourth-order valence-corrected chi connectivity index (χ4v) is 6.65. The second-order valence-corrected chi connectivity index (χ2v) is 18.5. The SMILES string of the molecule is CC(C)(C)OC(=O)NC(C)(C)C(=O)N1CCN(C(=O)Nc2ccn(-c3ccc(CN(C(=O)OC(C)(C)C)[C@H]4CC[C@H](NC(=O)OC(C)(C)C)CC4)c(F)c3)c(=O)n2)CC1. The summed E-state index contributed by atoms with van der Waals surface area (Å²) < 4.78 is 33.3. The van der Waals surface area contributed by atoms with Crippen molar-refractivity contribution in [2.45, 2.75) is 143 Å². The number of ether oxygens (including phenoxy) is 3. The van der Waals surface area contributed by atoms with Crippen molar-refractivity contribution in [3.05, 3.63) is 52.3 Å². The van der Waals surface area contributed by atoms with Gasteiger partial charge in [-0.25, -0.2) is 28.4 Å². The van der Waals surface area contributed by atoms with Gasteiger partial charge in [0, 0.05) is 50.0 Å². The van der Waals surface area contributed by atoms with Gasteiger partial charge in [-0.2, -0.15) is 4.98 Å². The molecule has 0 radical (unpaired) electrons. The zero-order valence-electron chi connectivity index (χ0n) is 36.2. The van der Waals surface area contributed by atoms with Crippen LogP contribution in [0.4, 0.5) is 29.4 Å². The average molecular weight is 829 g/mol. The van der Waals surface area contributed by atoms with E-state index in [0.29, 0.717) is 25.7 Å². The molecule has 1 saturated heterocycles. The average Bonchev–Trinajstić information content (AvgIpc) is 3.08. The highest BCUT2D eigenvalue weighted by molar-refractivity contribution is 5.90. The first-order chi connectivity index (χ1) is 27.2. The lowest BCUT2D eigenvalue weighted by Crippen LogP contribution is -2.60. The van der Waals surface area contributed by atoms with Crippen LogP contribution in [-0.4, -0.2) is 115 Å². The highest BCUT2D eigenvalue weighted by Gasteiger charge is 2.37. The lowest BCUT2D eigenvalue weighted by molar-refractivity contribution is -0.138. The predicted molar refractivity (Wildman–Crippen MR) is 218 cm³/mol. The molecular formula is C41H61FN8O9. The van der Waals surface area contributed by atoms with E-state index in [-0.39, 0.29) is 67.8 Å². The third kappa shape index (κ3) is 13.8. The Morgan fingerprint density at radius 2 is 1.34 bits per heavy atom. The molecule has 6 amide bonds. The summed E-state index contributed by atoms with van der Waals surface area (Å²) in [5.41, 5.74) is -3.76. The highest BCUT2D eigenvalue weighted by atomic mass is 19.1. The number of carbonyl (C=O) groups is 5. The summed E-state index contributed by atoms with van der Waals surface area (Å²) in [6.45, 7) is 19.7. The number of hydrogen-bond acceptors (Lipinski definition) is 10. The largest absolute Gasteiger partial charge is 0.444 e. The van der Waals surface area contributed by atoms with Gasteiger partial charge in [-0.1, -0.05) is 6.07 Å². The fraction of sp³-hybridized carbons (Fsp3) is 0.634. The molecule has 326 valence electrons. The van der Waals surface area contributed by atoms with Crippen LogP contribution < -0.4 is 21.6 Å². The minimum absolute atomic E-state index is 0.0152. The van der Waals surface area contributed by atoms with Crippen molar-refractivity contribution >= 4 is 36.0 Å². The van der Waals surface area contributed by atoms with Gasteiger partial charge in [-0.15, -0.1) is 0 Å². The molecule has 1 aromatic carbocycles. The second kappa shape index (κ2) is 18.2. The molecule has 2 heterocycles. The maximum Gasteiger partial charge on any atom is 0.410 e. The molecule has 1 aromatic heterocycles. The van der Waals surface area contributed by atoms with Gasteiger partial charge in [0.15, 0.2) is 0 Å². The standard InChI is InChI=1S/C41H61FN8O9/c1-38(2,3)57-35(54)43-27-13-16-28(17-14-27)50(37(56)59-40(7,8)9)25-26-12-15-29(24-30(26)42)49-19-18-31(45-34(49)53)44-33(52)48-22-20-47(21-23-48)32(51)41(10,11)46-36(55)58-39(4,5)6/h12,15,18-19,24,27-28H,13-14,16-17,20-23,25H2,1-11H3,(H,43,54)(H,46,55)(H,44,45,52,53)/t27-,28-. The monoisotopic (exact) mass is 828 g/mol. The smallest absolute Gasteiger partial charge is 0.410 e. The molecular weight excluding hydrogens is 767 g/mol. The summed E-state index contributed by atoms with van der Waals surface area (Å²) in [5, 5.41) is 8.11. The Bertz CT molecular complexity index is 1920. The van der Waals surface area contributed by atoms with Crippen molar-refractivity contribution in [3.63, 3.8) is 0 Å². The van der Waals surface area contributed by atoms with Gasteiger partial charge in [0.2, 0.25) is 5.91 Å². The molecule has 1 saturated carbocycles. The molecule has 4 rings (SSSR count). The molecule has 0 spiro atoms. The fourth-order valence-electron chi connectivity index (χ4n) is 6.65. The van der Waals surface area contributed by atoms with Crippen LogP contribution in [0.3, 0.4) is 0 Å². The van der Waals surface area contributed by atoms with Crippen molar-refractivity contribution in [2.24, 2.45) is 0 Å². The number of carbonyl (C=O) groups excluding carboxylic acids is 5. The maximum absolute atomic E-state index is 15.8. The van der Waals surface area contributed by atoms with Crippen LogP contribution in [0.25, 0.3) is 5.69 Å². The van der Waals surface area contributed by atoms with Crippen molar-refractivity contribution in [1.82, 2.24) is 34.9 Å². The van der Waals surface area contributed by atoms with Crippen molar-refractivity contribution in [1.29, 1.82) is 0 Å².